The van der Waals surface area contributed by atoms with E-state index in [9.17, 15) is 24.3 Å². The zero-order valence-corrected chi connectivity index (χ0v) is 34.1. The average molecular weight is 798 g/mol. The Hall–Kier alpha value is -3.78. The van der Waals surface area contributed by atoms with Crippen LogP contribution in [0.2, 0.25) is 5.02 Å². The molecule has 13 nitrogen and oxygen atoms in total. The van der Waals surface area contributed by atoms with Gasteiger partial charge in [-0.3, -0.25) is 14.6 Å². The zero-order chi connectivity index (χ0) is 39.6. The number of rotatable bonds is 12. The summed E-state index contributed by atoms with van der Waals surface area (Å²) in [6, 6.07) is 3.37. The number of carbonyl (C=O) groups excluding carboxylic acids is 3. The molecule has 3 heterocycles. The molecular formula is C40H52ClN5O8S. The lowest BCUT2D eigenvalue weighted by molar-refractivity contribution is -0.146. The Morgan fingerprint density at radius 2 is 1.82 bits per heavy atom. The highest BCUT2D eigenvalue weighted by Gasteiger charge is 2.61. The molecule has 3 N–H and O–H groups in total. The normalized spacial score (nSPS) is 30.1. The number of aliphatic imine (C=N–C) groups is 1. The first-order valence-electron chi connectivity index (χ1n) is 19.4. The van der Waals surface area contributed by atoms with Crippen molar-refractivity contribution >= 4 is 63.2 Å². The number of likely N-dealkylation sites (tertiary alicyclic amines) is 1. The average Bonchev–Trinajstić information content (AvgIpc) is 3.77. The van der Waals surface area contributed by atoms with Crippen molar-refractivity contribution in [3.63, 3.8) is 0 Å². The van der Waals surface area contributed by atoms with Crippen LogP contribution in [0, 0.1) is 29.1 Å². The molecule has 1 aromatic heterocycles. The van der Waals surface area contributed by atoms with Crippen LogP contribution in [-0.2, 0) is 19.1 Å². The van der Waals surface area contributed by atoms with Gasteiger partial charge in [-0.15, -0.1) is 11.8 Å². The van der Waals surface area contributed by atoms with E-state index in [1.165, 1.54) is 18.4 Å². The van der Waals surface area contributed by atoms with Gasteiger partial charge in [-0.2, -0.15) is 0 Å². The second-order valence-corrected chi connectivity index (χ2v) is 18.7. The summed E-state index contributed by atoms with van der Waals surface area (Å²) in [5.41, 5.74) is -1.11. The minimum Gasteiger partial charge on any atom is -0.495 e. The molecule has 3 saturated carbocycles. The van der Waals surface area contributed by atoms with Crippen molar-refractivity contribution in [1.29, 1.82) is 0 Å². The maximum atomic E-state index is 14.7. The maximum absolute atomic E-state index is 14.7. The van der Waals surface area contributed by atoms with Gasteiger partial charge in [0, 0.05) is 23.6 Å². The van der Waals surface area contributed by atoms with Crippen LogP contribution < -0.4 is 20.1 Å². The molecular weight excluding hydrogens is 746 g/mol. The number of ether oxygens (including phenoxy) is 3. The van der Waals surface area contributed by atoms with E-state index in [4.69, 9.17) is 35.8 Å². The Bertz CT molecular complexity index is 1910. The summed E-state index contributed by atoms with van der Waals surface area (Å²) < 4.78 is 18.0. The van der Waals surface area contributed by atoms with E-state index in [1.54, 1.807) is 17.8 Å². The van der Waals surface area contributed by atoms with E-state index >= 15 is 0 Å². The highest BCUT2D eigenvalue weighted by Crippen LogP contribution is 2.52. The molecule has 0 spiro atoms. The number of nitrogens with one attached hydrogen (secondary N) is 2. The number of fused-ring (bicyclic) bond motifs is 2. The molecule has 9 atom stereocenters. The quantitative estimate of drug-likeness (QED) is 0.229. The minimum absolute atomic E-state index is 0.00233. The van der Waals surface area contributed by atoms with Gasteiger partial charge in [0.05, 0.1) is 30.9 Å². The third kappa shape index (κ3) is 7.82. The predicted molar refractivity (Wildman–Crippen MR) is 210 cm³/mol. The SMILES string of the molecule is CC[C@@H]1C[C@]1(NC(=O)[C@@H]1C[C@@H](Oc2cc(C3=NC(C(C)C)CS3)nc3c(Cl)c(OC)ccc23)CN1C(=O)[C@@H](NC(=O)O[C@@H]1C[C@@H]2C[C@@H]2C1)C(C)(C)C)C(=O)O. The lowest BCUT2D eigenvalue weighted by Crippen LogP contribution is -2.59. The highest BCUT2D eigenvalue weighted by atomic mass is 35.5. The van der Waals surface area contributed by atoms with Gasteiger partial charge in [-0.1, -0.05) is 59.6 Å². The van der Waals surface area contributed by atoms with Crippen LogP contribution in [0.3, 0.4) is 0 Å². The summed E-state index contributed by atoms with van der Waals surface area (Å²) in [7, 11) is 1.53. The lowest BCUT2D eigenvalue weighted by atomic mass is 9.85. The first kappa shape index (κ1) is 39.5. The molecule has 5 aliphatic rings. The van der Waals surface area contributed by atoms with E-state index in [-0.39, 0.29) is 31.0 Å². The number of nitrogens with zero attached hydrogens (tertiary/aromatic N) is 3. The van der Waals surface area contributed by atoms with Gasteiger partial charge >= 0.3 is 12.1 Å². The number of hydrogen-bond acceptors (Lipinski definition) is 10. The molecule has 15 heteroatoms. The van der Waals surface area contributed by atoms with E-state index in [1.807, 2.05) is 39.8 Å². The number of methoxy groups -OCH3 is 1. The van der Waals surface area contributed by atoms with E-state index < -0.39 is 53.0 Å². The number of pyridine rings is 1. The fourth-order valence-electron chi connectivity index (χ4n) is 8.47. The molecule has 7 rings (SSSR count). The van der Waals surface area contributed by atoms with Crippen molar-refractivity contribution < 1.29 is 38.5 Å². The number of hydrogen-bond donors (Lipinski definition) is 3. The van der Waals surface area contributed by atoms with Crippen molar-refractivity contribution in [2.45, 2.75) is 116 Å². The Morgan fingerprint density at radius 1 is 1.09 bits per heavy atom. The smallest absolute Gasteiger partial charge is 0.408 e. The van der Waals surface area contributed by atoms with Crippen LogP contribution in [0.4, 0.5) is 4.79 Å². The van der Waals surface area contributed by atoms with E-state index in [0.29, 0.717) is 63.7 Å². The number of aliphatic carboxylic acids is 1. The predicted octanol–water partition coefficient (Wildman–Crippen LogP) is 6.07. The summed E-state index contributed by atoms with van der Waals surface area (Å²) >= 11 is 8.44. The van der Waals surface area contributed by atoms with Crippen LogP contribution in [0.5, 0.6) is 11.5 Å². The standard InChI is InChI=1S/C40H52ClN5O8S/c1-8-22-16-40(22,37(49)50)45-34(47)28-14-24(17-46(28)36(48)33(39(4,5)6)44-38(51)54-23-12-20-11-21(20)13-23)53-30-15-26(35-43-27(18-55-35)19(2)3)42-32-25(30)9-10-29(52-7)31(32)41/h9-10,15,19-24,27-28,33H,8,11-14,16-18H2,1-7H3,(H,44,51)(H,45,47)(H,49,50)/t20-,21+,22-,23+,24-,27?,28+,33-,40-/m1/s1. The van der Waals surface area contributed by atoms with Crippen molar-refractivity contribution in [3.8, 4) is 11.5 Å². The first-order valence-corrected chi connectivity index (χ1v) is 20.8. The molecule has 4 fully saturated rings. The lowest BCUT2D eigenvalue weighted by Gasteiger charge is -2.35. The molecule has 1 unspecified atom stereocenters. The van der Waals surface area contributed by atoms with Gasteiger partial charge in [0.15, 0.2) is 0 Å². The monoisotopic (exact) mass is 797 g/mol. The molecule has 3 aliphatic carbocycles. The number of benzene rings is 1. The van der Waals surface area contributed by atoms with Crippen LogP contribution in [0.15, 0.2) is 23.2 Å². The van der Waals surface area contributed by atoms with Crippen LogP contribution in [0.1, 0.15) is 85.8 Å². The van der Waals surface area contributed by atoms with Gasteiger partial charge in [-0.25, -0.2) is 14.6 Å². The number of aromatic nitrogens is 1. The number of thioether (sulfide) groups is 1. The van der Waals surface area contributed by atoms with Gasteiger partial charge in [-0.05, 0) is 66.9 Å². The van der Waals surface area contributed by atoms with Crippen molar-refractivity contribution in [2.24, 2.45) is 34.1 Å². The van der Waals surface area contributed by atoms with Crippen LogP contribution >= 0.6 is 23.4 Å². The third-order valence-corrected chi connectivity index (χ3v) is 13.5. The van der Waals surface area contributed by atoms with Gasteiger partial charge in [0.25, 0.3) is 0 Å². The largest absolute Gasteiger partial charge is 0.495 e. The molecule has 2 aromatic rings. The Labute approximate surface area is 331 Å². The molecule has 0 bridgehead atoms. The number of carboxylic acids is 1. The van der Waals surface area contributed by atoms with Crippen molar-refractivity contribution in [3.05, 3.63) is 28.9 Å². The summed E-state index contributed by atoms with van der Waals surface area (Å²) in [4.78, 5) is 65.8. The van der Waals surface area contributed by atoms with Crippen molar-refractivity contribution in [2.75, 3.05) is 19.4 Å². The summed E-state index contributed by atoms with van der Waals surface area (Å²) in [6.07, 6.45) is 2.26. The minimum atomic E-state index is -1.40. The number of amides is 3. The summed E-state index contributed by atoms with van der Waals surface area (Å²) in [5, 5.41) is 17.5. The summed E-state index contributed by atoms with van der Waals surface area (Å²) in [6.45, 7) is 11.7. The fraction of sp³-hybridized carbons (Fsp3) is 0.650. The maximum Gasteiger partial charge on any atom is 0.408 e. The molecule has 1 saturated heterocycles. The number of halogens is 1. The fourth-order valence-corrected chi connectivity index (χ4v) is 10.0. The van der Waals surface area contributed by atoms with Crippen LogP contribution in [-0.4, -0.2) is 99.2 Å². The van der Waals surface area contributed by atoms with Crippen molar-refractivity contribution in [1.82, 2.24) is 20.5 Å². The molecule has 298 valence electrons. The number of carboxylic acid groups (broad SMARTS) is 1. The van der Waals surface area contributed by atoms with E-state index in [2.05, 4.69) is 24.5 Å². The molecule has 0 radical (unpaired) electrons. The first-order chi connectivity index (χ1) is 26.0. The molecule has 2 aliphatic heterocycles. The highest BCUT2D eigenvalue weighted by molar-refractivity contribution is 8.14. The summed E-state index contributed by atoms with van der Waals surface area (Å²) in [5.74, 6) is 0.889. The number of alkyl carbamates (subject to hydrolysis) is 1. The van der Waals surface area contributed by atoms with Gasteiger partial charge < -0.3 is 34.9 Å². The number of carbonyl (C=O) groups is 4. The molecule has 55 heavy (non-hydrogen) atoms. The van der Waals surface area contributed by atoms with Crippen LogP contribution in [0.25, 0.3) is 10.9 Å². The Morgan fingerprint density at radius 3 is 2.42 bits per heavy atom. The second-order valence-electron chi connectivity index (χ2n) is 17.3. The van der Waals surface area contributed by atoms with Gasteiger partial charge in [0.1, 0.15) is 51.4 Å². The third-order valence-electron chi connectivity index (χ3n) is 12.0. The topological polar surface area (TPSA) is 169 Å². The van der Waals surface area contributed by atoms with Gasteiger partial charge in [0.2, 0.25) is 11.8 Å². The molecule has 3 amide bonds. The van der Waals surface area contributed by atoms with E-state index in [0.717, 1.165) is 23.6 Å². The Balaban J connectivity index is 1.20. The molecule has 1 aromatic carbocycles. The Kier molecular flexibility index (Phi) is 10.7. The second kappa shape index (κ2) is 14.9. The zero-order valence-electron chi connectivity index (χ0n) is 32.5.